The lowest BCUT2D eigenvalue weighted by Gasteiger charge is -2.08. The van der Waals surface area contributed by atoms with Crippen LogP contribution < -0.4 is 10.0 Å². The summed E-state index contributed by atoms with van der Waals surface area (Å²) in [7, 11) is -3.54. The van der Waals surface area contributed by atoms with E-state index in [1.165, 1.54) is 23.5 Å². The van der Waals surface area contributed by atoms with E-state index < -0.39 is 10.0 Å². The topological polar surface area (TPSA) is 92.6 Å². The van der Waals surface area contributed by atoms with Crippen LogP contribution in [0.4, 0.5) is 5.69 Å². The second-order valence-electron chi connectivity index (χ2n) is 7.04. The van der Waals surface area contributed by atoms with E-state index in [1.54, 1.807) is 12.1 Å². The Morgan fingerprint density at radius 2 is 1.81 bits per heavy atom. The van der Waals surface area contributed by atoms with E-state index >= 15 is 0 Å². The Hall–Kier alpha value is -3.01. The van der Waals surface area contributed by atoms with Crippen LogP contribution in [-0.4, -0.2) is 30.3 Å². The van der Waals surface area contributed by atoms with Gasteiger partial charge in [-0.2, -0.15) is 0 Å². The zero-order chi connectivity index (χ0) is 22.0. The molecule has 4 aromatic rings. The van der Waals surface area contributed by atoms with Gasteiger partial charge < -0.3 is 5.32 Å². The maximum Gasteiger partial charge on any atom is 0.267 e. The number of benzene rings is 2. The number of carbonyl (C=O) groups excluding carboxylic acids is 1. The van der Waals surface area contributed by atoms with Crippen LogP contribution in [0.25, 0.3) is 16.2 Å². The Morgan fingerprint density at radius 3 is 2.45 bits per heavy atom. The fourth-order valence-electron chi connectivity index (χ4n) is 3.13. The average Bonchev–Trinajstić information content (AvgIpc) is 3.33. The summed E-state index contributed by atoms with van der Waals surface area (Å²) < 4.78 is 28.8. The summed E-state index contributed by atoms with van der Waals surface area (Å²) in [4.78, 5) is 18.9. The molecule has 2 N–H and O–H groups in total. The summed E-state index contributed by atoms with van der Waals surface area (Å²) in [6.45, 7) is 4.16. The molecule has 0 radical (unpaired) electrons. The van der Waals surface area contributed by atoms with Crippen molar-refractivity contribution in [1.82, 2.24) is 14.1 Å². The Balaban J connectivity index is 1.52. The zero-order valence-electron chi connectivity index (χ0n) is 17.1. The number of rotatable bonds is 7. The van der Waals surface area contributed by atoms with Crippen LogP contribution in [0.1, 0.15) is 28.7 Å². The summed E-state index contributed by atoms with van der Waals surface area (Å²) in [6, 6.07) is 16.0. The van der Waals surface area contributed by atoms with Crippen molar-refractivity contribution in [2.45, 2.75) is 25.2 Å². The molecule has 0 aliphatic rings. The molecule has 9 heteroatoms. The summed E-state index contributed by atoms with van der Waals surface area (Å²) in [5, 5.41) is 2.83. The van der Waals surface area contributed by atoms with E-state index in [-0.39, 0.29) is 10.8 Å². The lowest BCUT2D eigenvalue weighted by atomic mass is 10.2. The first-order chi connectivity index (χ1) is 14.9. The van der Waals surface area contributed by atoms with Gasteiger partial charge in [-0.05, 0) is 37.6 Å². The summed E-state index contributed by atoms with van der Waals surface area (Å²) in [5.74, 6) is -0.256. The van der Waals surface area contributed by atoms with Crippen molar-refractivity contribution in [1.29, 1.82) is 0 Å². The molecule has 160 valence electrons. The molecule has 2 aromatic carbocycles. The minimum absolute atomic E-state index is 0.165. The normalized spacial score (nSPS) is 11.7. The number of aryl methyl sites for hydroxylation is 1. The smallest absolute Gasteiger partial charge is 0.267 e. The van der Waals surface area contributed by atoms with Crippen LogP contribution in [0.5, 0.6) is 0 Å². The monoisotopic (exact) mass is 454 g/mol. The lowest BCUT2D eigenvalue weighted by Crippen LogP contribution is -2.24. The first-order valence-electron chi connectivity index (χ1n) is 9.84. The van der Waals surface area contributed by atoms with E-state index in [2.05, 4.69) is 15.0 Å². The first kappa shape index (κ1) is 21.2. The number of imidazole rings is 1. The van der Waals surface area contributed by atoms with Gasteiger partial charge in [0.1, 0.15) is 4.88 Å². The number of hydrogen-bond donors (Lipinski definition) is 2. The molecule has 0 fully saturated rings. The molecule has 31 heavy (non-hydrogen) atoms. The highest BCUT2D eigenvalue weighted by Crippen LogP contribution is 2.28. The minimum atomic E-state index is -3.54. The van der Waals surface area contributed by atoms with Crippen LogP contribution in [0, 0.1) is 6.92 Å². The molecule has 0 spiro atoms. The quantitative estimate of drug-likeness (QED) is 0.435. The van der Waals surface area contributed by atoms with Gasteiger partial charge in [-0.25, -0.2) is 18.1 Å². The maximum absolute atomic E-state index is 12.8. The third kappa shape index (κ3) is 4.39. The third-order valence-corrected chi connectivity index (χ3v) is 7.43. The number of nitrogens with one attached hydrogen (secondary N) is 2. The molecule has 0 aliphatic carbocycles. The van der Waals surface area contributed by atoms with E-state index in [0.29, 0.717) is 23.5 Å². The van der Waals surface area contributed by atoms with E-state index in [4.69, 9.17) is 0 Å². The predicted octanol–water partition coefficient (Wildman–Crippen LogP) is 4.31. The molecular weight excluding hydrogens is 432 g/mol. The number of sulfonamides is 1. The number of anilines is 1. The first-order valence-corrected chi connectivity index (χ1v) is 12.1. The summed E-state index contributed by atoms with van der Waals surface area (Å²) >= 11 is 1.32. The molecule has 0 saturated carbocycles. The van der Waals surface area contributed by atoms with Crippen molar-refractivity contribution in [2.75, 3.05) is 11.9 Å². The molecule has 2 aromatic heterocycles. The van der Waals surface area contributed by atoms with Gasteiger partial charge in [-0.1, -0.05) is 48.6 Å². The lowest BCUT2D eigenvalue weighted by molar-refractivity contribution is 0.102. The van der Waals surface area contributed by atoms with E-state index in [0.717, 1.165) is 21.9 Å². The predicted molar refractivity (Wildman–Crippen MR) is 123 cm³/mol. The largest absolute Gasteiger partial charge is 0.321 e. The van der Waals surface area contributed by atoms with Crippen molar-refractivity contribution in [3.63, 3.8) is 0 Å². The van der Waals surface area contributed by atoms with Gasteiger partial charge >= 0.3 is 0 Å². The van der Waals surface area contributed by atoms with Crippen LogP contribution in [0.15, 0.2) is 65.7 Å². The molecular formula is C22H22N4O3S2. The average molecular weight is 455 g/mol. The molecule has 0 unspecified atom stereocenters. The molecule has 7 nitrogen and oxygen atoms in total. The summed E-state index contributed by atoms with van der Waals surface area (Å²) in [6.07, 6.45) is 2.64. The van der Waals surface area contributed by atoms with Gasteiger partial charge in [0.05, 0.1) is 10.6 Å². The van der Waals surface area contributed by atoms with Crippen molar-refractivity contribution in [3.8, 4) is 11.3 Å². The van der Waals surface area contributed by atoms with Gasteiger partial charge in [-0.3, -0.25) is 9.20 Å². The number of thiazole rings is 1. The van der Waals surface area contributed by atoms with Gasteiger partial charge in [0.2, 0.25) is 10.0 Å². The summed E-state index contributed by atoms with van der Waals surface area (Å²) in [5.41, 5.74) is 3.20. The molecule has 0 atom stereocenters. The highest BCUT2D eigenvalue weighted by molar-refractivity contribution is 7.89. The number of amides is 1. The van der Waals surface area contributed by atoms with Gasteiger partial charge in [-0.15, -0.1) is 0 Å². The second-order valence-corrected chi connectivity index (χ2v) is 9.78. The van der Waals surface area contributed by atoms with Crippen LogP contribution in [-0.2, 0) is 10.0 Å². The Kier molecular flexibility index (Phi) is 5.90. The van der Waals surface area contributed by atoms with Gasteiger partial charge in [0.15, 0.2) is 4.96 Å². The molecule has 2 heterocycles. The number of fused-ring (bicyclic) bond motifs is 1. The highest BCUT2D eigenvalue weighted by atomic mass is 32.2. The van der Waals surface area contributed by atoms with Crippen molar-refractivity contribution >= 4 is 37.9 Å². The zero-order valence-corrected chi connectivity index (χ0v) is 18.8. The maximum atomic E-state index is 12.8. The standard InChI is InChI=1S/C22H22N4O3S2/c1-3-13-23-31(28,29)18-11-9-17(10-12-18)24-21(27)20-15(2)26-14-19(25-22(26)30-20)16-7-5-4-6-8-16/h4-12,14,23H,3,13H2,1-2H3,(H,24,27). The van der Waals surface area contributed by atoms with Crippen molar-refractivity contribution in [2.24, 2.45) is 0 Å². The van der Waals surface area contributed by atoms with Crippen LogP contribution >= 0.6 is 11.3 Å². The van der Waals surface area contributed by atoms with Crippen LogP contribution in [0.3, 0.4) is 0 Å². The van der Waals surface area contributed by atoms with E-state index in [9.17, 15) is 13.2 Å². The Labute approximate surface area is 184 Å². The third-order valence-electron chi connectivity index (χ3n) is 4.80. The fraction of sp³-hybridized carbons (Fsp3) is 0.182. The fourth-order valence-corrected chi connectivity index (χ4v) is 5.27. The SMILES string of the molecule is CCCNS(=O)(=O)c1ccc(NC(=O)c2sc3nc(-c4ccccc4)cn3c2C)cc1. The van der Waals surface area contributed by atoms with Crippen molar-refractivity contribution in [3.05, 3.63) is 71.4 Å². The number of aromatic nitrogens is 2. The molecule has 1 amide bonds. The number of nitrogens with zero attached hydrogens (tertiary/aromatic N) is 2. The van der Waals surface area contributed by atoms with Crippen molar-refractivity contribution < 1.29 is 13.2 Å². The molecule has 0 bridgehead atoms. The molecule has 0 saturated heterocycles. The Morgan fingerprint density at radius 1 is 1.10 bits per heavy atom. The second kappa shape index (κ2) is 8.62. The molecule has 0 aliphatic heterocycles. The number of carbonyl (C=O) groups is 1. The Bertz CT molecular complexity index is 1320. The van der Waals surface area contributed by atoms with E-state index in [1.807, 2.05) is 54.8 Å². The van der Waals surface area contributed by atoms with Crippen LogP contribution in [0.2, 0.25) is 0 Å². The number of hydrogen-bond acceptors (Lipinski definition) is 5. The van der Waals surface area contributed by atoms with Gasteiger partial charge in [0, 0.05) is 29.7 Å². The highest BCUT2D eigenvalue weighted by Gasteiger charge is 2.19. The molecule has 4 rings (SSSR count). The van der Waals surface area contributed by atoms with Gasteiger partial charge in [0.25, 0.3) is 5.91 Å². The minimum Gasteiger partial charge on any atom is -0.321 e.